The second-order valence-electron chi connectivity index (χ2n) is 8.43. The van der Waals surface area contributed by atoms with Crippen molar-refractivity contribution in [3.05, 3.63) is 35.2 Å². The lowest BCUT2D eigenvalue weighted by Crippen LogP contribution is -2.37. The van der Waals surface area contributed by atoms with Gasteiger partial charge in [-0.15, -0.1) is 10.2 Å². The molecule has 8 nitrogen and oxygen atoms in total. The first kappa shape index (κ1) is 23.7. The van der Waals surface area contributed by atoms with Crippen LogP contribution in [0.25, 0.3) is 0 Å². The molecule has 164 valence electrons. The van der Waals surface area contributed by atoms with Crippen LogP contribution in [0.3, 0.4) is 0 Å². The average Bonchev–Trinajstić information content (AvgIpc) is 3.07. The molecule has 9 heteroatoms. The molecule has 0 radical (unpaired) electrons. The maximum atomic E-state index is 12.3. The Labute approximate surface area is 181 Å². The Morgan fingerprint density at radius 1 is 1.20 bits per heavy atom. The number of carbonyl (C=O) groups is 2. The van der Waals surface area contributed by atoms with Crippen LogP contribution in [0.4, 0.5) is 10.5 Å². The zero-order valence-corrected chi connectivity index (χ0v) is 19.3. The van der Waals surface area contributed by atoms with Gasteiger partial charge < -0.3 is 19.8 Å². The summed E-state index contributed by atoms with van der Waals surface area (Å²) in [4.78, 5) is 24.4. The standard InChI is InChI=1S/C21H30N4O4S/c1-12(2)17(23-19(27)29-21(5,6)7)18-24-25-20(28-18)30-11-16(26)22-15-9-8-13(3)10-14(15)4/h8-10,12,17H,11H2,1-7H3,(H,22,26)(H,23,27)/t17-/m1/s1. The summed E-state index contributed by atoms with van der Waals surface area (Å²) in [5, 5.41) is 13.9. The molecule has 2 N–H and O–H groups in total. The van der Waals surface area contributed by atoms with Crippen LogP contribution in [0.15, 0.2) is 27.8 Å². The summed E-state index contributed by atoms with van der Waals surface area (Å²) in [5.41, 5.74) is 2.31. The van der Waals surface area contributed by atoms with E-state index in [-0.39, 0.29) is 28.7 Å². The minimum atomic E-state index is -0.607. The molecule has 0 saturated heterocycles. The quantitative estimate of drug-likeness (QED) is 0.611. The van der Waals surface area contributed by atoms with Crippen LogP contribution >= 0.6 is 11.8 Å². The molecule has 0 fully saturated rings. The van der Waals surface area contributed by atoms with E-state index >= 15 is 0 Å². The highest BCUT2D eigenvalue weighted by Gasteiger charge is 2.27. The number of carbonyl (C=O) groups excluding carboxylic acids is 2. The van der Waals surface area contributed by atoms with Crippen LogP contribution in [0.1, 0.15) is 57.7 Å². The van der Waals surface area contributed by atoms with E-state index in [2.05, 4.69) is 20.8 Å². The third-order valence-corrected chi connectivity index (χ3v) is 4.83. The number of benzene rings is 1. The summed E-state index contributed by atoms with van der Waals surface area (Å²) in [6.45, 7) is 13.2. The minimum Gasteiger partial charge on any atom is -0.444 e. The van der Waals surface area contributed by atoms with Gasteiger partial charge >= 0.3 is 6.09 Å². The van der Waals surface area contributed by atoms with Gasteiger partial charge in [0.25, 0.3) is 5.22 Å². The van der Waals surface area contributed by atoms with Crippen molar-refractivity contribution < 1.29 is 18.7 Å². The Bertz CT molecular complexity index is 889. The lowest BCUT2D eigenvalue weighted by molar-refractivity contribution is -0.113. The monoisotopic (exact) mass is 434 g/mol. The number of amides is 2. The number of anilines is 1. The molecule has 1 aromatic heterocycles. The Kier molecular flexibility index (Phi) is 7.89. The zero-order valence-electron chi connectivity index (χ0n) is 18.5. The Morgan fingerprint density at radius 2 is 1.90 bits per heavy atom. The topological polar surface area (TPSA) is 106 Å². The number of hydrogen-bond donors (Lipinski definition) is 2. The van der Waals surface area contributed by atoms with E-state index in [9.17, 15) is 9.59 Å². The van der Waals surface area contributed by atoms with Gasteiger partial charge in [0.1, 0.15) is 11.6 Å². The first-order valence-electron chi connectivity index (χ1n) is 9.77. The fourth-order valence-corrected chi connectivity index (χ4v) is 3.19. The molecule has 30 heavy (non-hydrogen) atoms. The summed E-state index contributed by atoms with van der Waals surface area (Å²) in [7, 11) is 0. The number of nitrogens with zero attached hydrogens (tertiary/aromatic N) is 2. The van der Waals surface area contributed by atoms with Crippen LogP contribution in [0.5, 0.6) is 0 Å². The fraction of sp³-hybridized carbons (Fsp3) is 0.524. The molecule has 0 aliphatic rings. The van der Waals surface area contributed by atoms with E-state index in [1.165, 1.54) is 0 Å². The van der Waals surface area contributed by atoms with Crippen LogP contribution in [0, 0.1) is 19.8 Å². The zero-order chi connectivity index (χ0) is 22.5. The lowest BCUT2D eigenvalue weighted by Gasteiger charge is -2.23. The number of hydrogen-bond acceptors (Lipinski definition) is 7. The van der Waals surface area contributed by atoms with Gasteiger partial charge in [-0.1, -0.05) is 43.3 Å². The summed E-state index contributed by atoms with van der Waals surface area (Å²) in [6.07, 6.45) is -0.554. The Morgan fingerprint density at radius 3 is 2.50 bits per heavy atom. The van der Waals surface area contributed by atoms with Crippen LogP contribution < -0.4 is 10.6 Å². The van der Waals surface area contributed by atoms with Crippen molar-refractivity contribution in [1.29, 1.82) is 0 Å². The van der Waals surface area contributed by atoms with Crippen LogP contribution in [0.2, 0.25) is 0 Å². The molecule has 1 aromatic carbocycles. The predicted molar refractivity (Wildman–Crippen MR) is 117 cm³/mol. The van der Waals surface area contributed by atoms with Crippen LogP contribution in [-0.4, -0.2) is 33.6 Å². The lowest BCUT2D eigenvalue weighted by atomic mass is 10.1. The van der Waals surface area contributed by atoms with E-state index in [1.54, 1.807) is 20.8 Å². The highest BCUT2D eigenvalue weighted by atomic mass is 32.2. The first-order valence-corrected chi connectivity index (χ1v) is 10.8. The number of aryl methyl sites for hydroxylation is 2. The summed E-state index contributed by atoms with van der Waals surface area (Å²) >= 11 is 1.14. The average molecular weight is 435 g/mol. The van der Waals surface area contributed by atoms with Crippen molar-refractivity contribution in [2.45, 2.75) is 65.3 Å². The molecule has 0 saturated carbocycles. The van der Waals surface area contributed by atoms with Crippen LogP contribution in [-0.2, 0) is 9.53 Å². The van der Waals surface area contributed by atoms with Gasteiger partial charge in [0, 0.05) is 5.69 Å². The number of alkyl carbamates (subject to hydrolysis) is 1. The molecule has 0 aliphatic heterocycles. The number of ether oxygens (including phenoxy) is 1. The smallest absolute Gasteiger partial charge is 0.408 e. The molecule has 2 rings (SSSR count). The second-order valence-corrected chi connectivity index (χ2v) is 9.36. The van der Waals surface area contributed by atoms with Crippen molar-refractivity contribution >= 4 is 29.4 Å². The maximum absolute atomic E-state index is 12.3. The summed E-state index contributed by atoms with van der Waals surface area (Å²) < 4.78 is 11.0. The van der Waals surface area contributed by atoms with Crippen molar-refractivity contribution in [2.75, 3.05) is 11.1 Å². The number of nitrogens with one attached hydrogen (secondary N) is 2. The highest BCUT2D eigenvalue weighted by molar-refractivity contribution is 7.99. The number of thioether (sulfide) groups is 1. The Balaban J connectivity index is 1.95. The molecule has 0 aliphatic carbocycles. The molecule has 0 bridgehead atoms. The van der Waals surface area contributed by atoms with Gasteiger partial charge in [-0.2, -0.15) is 0 Å². The third-order valence-electron chi connectivity index (χ3n) is 4.01. The normalized spacial score (nSPS) is 12.5. The summed E-state index contributed by atoms with van der Waals surface area (Å²) in [5.74, 6) is 0.233. The van der Waals surface area contributed by atoms with E-state index in [0.29, 0.717) is 0 Å². The SMILES string of the molecule is Cc1ccc(NC(=O)CSc2nnc([C@H](NC(=O)OC(C)(C)C)C(C)C)o2)c(C)c1. The van der Waals surface area contributed by atoms with Gasteiger partial charge in [0.15, 0.2) is 0 Å². The number of rotatable bonds is 7. The van der Waals surface area contributed by atoms with E-state index in [4.69, 9.17) is 9.15 Å². The molecule has 0 unspecified atom stereocenters. The van der Waals surface area contributed by atoms with Crippen molar-refractivity contribution in [3.8, 4) is 0 Å². The van der Waals surface area contributed by atoms with Gasteiger partial charge in [0.2, 0.25) is 11.8 Å². The van der Waals surface area contributed by atoms with E-state index in [0.717, 1.165) is 28.6 Å². The molecule has 1 atom stereocenters. The second kappa shape index (κ2) is 9.97. The molecular formula is C21H30N4O4S. The predicted octanol–water partition coefficient (Wildman–Crippen LogP) is 4.64. The van der Waals surface area contributed by atoms with Gasteiger partial charge in [0.05, 0.1) is 5.75 Å². The van der Waals surface area contributed by atoms with E-state index in [1.807, 2.05) is 45.9 Å². The molecule has 0 spiro atoms. The highest BCUT2D eigenvalue weighted by Crippen LogP contribution is 2.25. The minimum absolute atomic E-state index is 0.00336. The summed E-state index contributed by atoms with van der Waals surface area (Å²) in [6, 6.07) is 5.35. The first-order chi connectivity index (χ1) is 13.9. The van der Waals surface area contributed by atoms with Crippen molar-refractivity contribution in [3.63, 3.8) is 0 Å². The van der Waals surface area contributed by atoms with E-state index < -0.39 is 17.7 Å². The van der Waals surface area contributed by atoms with Crippen molar-refractivity contribution in [1.82, 2.24) is 15.5 Å². The van der Waals surface area contributed by atoms with Gasteiger partial charge in [-0.3, -0.25) is 4.79 Å². The third kappa shape index (κ3) is 7.37. The molecule has 1 heterocycles. The Hall–Kier alpha value is -2.55. The fourth-order valence-electron chi connectivity index (χ4n) is 2.62. The largest absolute Gasteiger partial charge is 0.444 e. The van der Waals surface area contributed by atoms with Crippen molar-refractivity contribution in [2.24, 2.45) is 5.92 Å². The van der Waals surface area contributed by atoms with Gasteiger partial charge in [-0.25, -0.2) is 4.79 Å². The molecule has 2 aromatic rings. The maximum Gasteiger partial charge on any atom is 0.408 e. The molecular weight excluding hydrogens is 404 g/mol. The van der Waals surface area contributed by atoms with Gasteiger partial charge in [-0.05, 0) is 52.2 Å². The molecule has 2 amide bonds. The number of aromatic nitrogens is 2.